The van der Waals surface area contributed by atoms with Crippen molar-refractivity contribution >= 4 is 23.5 Å². The number of ether oxygens (including phenoxy) is 2. The van der Waals surface area contributed by atoms with Gasteiger partial charge >= 0.3 is 0 Å². The minimum atomic E-state index is -0.319. The lowest BCUT2D eigenvalue weighted by molar-refractivity contribution is -0.116. The van der Waals surface area contributed by atoms with E-state index in [0.717, 1.165) is 60.4 Å². The first-order valence-corrected chi connectivity index (χ1v) is 12.1. The Labute approximate surface area is 187 Å². The predicted octanol–water partition coefficient (Wildman–Crippen LogP) is 4.99. The van der Waals surface area contributed by atoms with E-state index in [4.69, 9.17) is 14.6 Å². The average molecular weight is 443 g/mol. The highest BCUT2D eigenvalue weighted by Crippen LogP contribution is 2.42. The summed E-state index contributed by atoms with van der Waals surface area (Å²) in [5.41, 5.74) is 2.70. The fourth-order valence-electron chi connectivity index (χ4n) is 4.14. The molecule has 1 atom stereocenters. The molecule has 2 aromatic rings. The maximum atomic E-state index is 13.0. The summed E-state index contributed by atoms with van der Waals surface area (Å²) < 4.78 is 13.4. The highest BCUT2D eigenvalue weighted by Gasteiger charge is 2.37. The Balaban J connectivity index is 1.72. The van der Waals surface area contributed by atoms with Gasteiger partial charge in [0.1, 0.15) is 6.04 Å². The lowest BCUT2D eigenvalue weighted by Crippen LogP contribution is -2.31. The Bertz CT molecular complexity index is 985. The Morgan fingerprint density at radius 1 is 1.23 bits per heavy atom. The molecule has 0 saturated carbocycles. The van der Waals surface area contributed by atoms with Gasteiger partial charge in [-0.15, -0.1) is 5.10 Å². The molecule has 0 fully saturated rings. The second kappa shape index (κ2) is 9.77. The molecular weight excluding hydrogens is 412 g/mol. The molecule has 1 aromatic carbocycles. The minimum Gasteiger partial charge on any atom is -0.493 e. The van der Waals surface area contributed by atoms with Crippen LogP contribution in [-0.2, 0) is 4.79 Å². The zero-order valence-electron chi connectivity index (χ0n) is 18.4. The van der Waals surface area contributed by atoms with Gasteiger partial charge in [0.2, 0.25) is 11.1 Å². The van der Waals surface area contributed by atoms with Crippen molar-refractivity contribution < 1.29 is 14.3 Å². The summed E-state index contributed by atoms with van der Waals surface area (Å²) in [6, 6.07) is 5.60. The number of unbranched alkanes of at least 4 members (excludes halogenated alkanes) is 2. The van der Waals surface area contributed by atoms with Crippen molar-refractivity contribution in [3.63, 3.8) is 0 Å². The summed E-state index contributed by atoms with van der Waals surface area (Å²) >= 11 is 1.59. The van der Waals surface area contributed by atoms with Crippen LogP contribution in [0.4, 0.5) is 5.95 Å². The first kappa shape index (κ1) is 21.7. The zero-order chi connectivity index (χ0) is 21.8. The van der Waals surface area contributed by atoms with Gasteiger partial charge in [0, 0.05) is 17.7 Å². The Morgan fingerprint density at radius 3 is 2.87 bits per heavy atom. The number of nitrogens with one attached hydrogen (secondary N) is 1. The van der Waals surface area contributed by atoms with Crippen LogP contribution in [0.15, 0.2) is 34.6 Å². The van der Waals surface area contributed by atoms with E-state index in [0.29, 0.717) is 29.9 Å². The molecule has 2 aliphatic rings. The van der Waals surface area contributed by atoms with Gasteiger partial charge in [-0.3, -0.25) is 4.79 Å². The topological polar surface area (TPSA) is 78.3 Å². The van der Waals surface area contributed by atoms with E-state index in [-0.39, 0.29) is 11.8 Å². The highest BCUT2D eigenvalue weighted by molar-refractivity contribution is 7.99. The monoisotopic (exact) mass is 442 g/mol. The summed E-state index contributed by atoms with van der Waals surface area (Å²) in [4.78, 5) is 17.6. The van der Waals surface area contributed by atoms with Crippen LogP contribution >= 0.6 is 11.8 Å². The number of allylic oxidation sites excluding steroid dienone is 2. The normalized spacial score (nSPS) is 17.8. The van der Waals surface area contributed by atoms with E-state index < -0.39 is 0 Å². The van der Waals surface area contributed by atoms with E-state index >= 15 is 0 Å². The first-order chi connectivity index (χ1) is 15.2. The summed E-state index contributed by atoms with van der Waals surface area (Å²) in [6.45, 7) is 4.91. The van der Waals surface area contributed by atoms with Crippen molar-refractivity contribution in [2.24, 2.45) is 0 Å². The largest absolute Gasteiger partial charge is 0.493 e. The molecule has 2 heterocycles. The summed E-state index contributed by atoms with van der Waals surface area (Å²) in [6.07, 6.45) is 5.57. The molecule has 1 aliphatic carbocycles. The smallest absolute Gasteiger partial charge is 0.227 e. The van der Waals surface area contributed by atoms with Gasteiger partial charge in [-0.05, 0) is 42.7 Å². The van der Waals surface area contributed by atoms with E-state index in [1.807, 2.05) is 22.9 Å². The third-order valence-electron chi connectivity index (χ3n) is 5.63. The molecule has 4 rings (SSSR count). The van der Waals surface area contributed by atoms with E-state index in [2.05, 4.69) is 24.1 Å². The molecule has 8 heteroatoms. The highest BCUT2D eigenvalue weighted by atomic mass is 32.2. The zero-order valence-corrected chi connectivity index (χ0v) is 19.3. The van der Waals surface area contributed by atoms with Gasteiger partial charge in [0.15, 0.2) is 17.3 Å². The number of thioether (sulfide) groups is 1. The number of Topliss-reactive ketones (excluding diaryl/α,β-unsaturated/α-hetero) is 1. The van der Waals surface area contributed by atoms with Crippen LogP contribution in [-0.4, -0.2) is 40.0 Å². The maximum Gasteiger partial charge on any atom is 0.227 e. The summed E-state index contributed by atoms with van der Waals surface area (Å²) in [7, 11) is 1.65. The summed E-state index contributed by atoms with van der Waals surface area (Å²) in [5, 5.41) is 8.80. The third kappa shape index (κ3) is 4.44. The van der Waals surface area contributed by atoms with E-state index in [9.17, 15) is 4.79 Å². The number of benzene rings is 1. The van der Waals surface area contributed by atoms with Gasteiger partial charge < -0.3 is 14.8 Å². The molecule has 166 valence electrons. The van der Waals surface area contributed by atoms with Crippen molar-refractivity contribution in [3.8, 4) is 11.5 Å². The molecule has 7 nitrogen and oxygen atoms in total. The predicted molar refractivity (Wildman–Crippen MR) is 122 cm³/mol. The van der Waals surface area contributed by atoms with Crippen molar-refractivity contribution in [3.05, 3.63) is 35.0 Å². The van der Waals surface area contributed by atoms with Crippen molar-refractivity contribution in [2.75, 3.05) is 24.8 Å². The van der Waals surface area contributed by atoms with Gasteiger partial charge in [-0.1, -0.05) is 44.5 Å². The quantitative estimate of drug-likeness (QED) is 0.433. The van der Waals surface area contributed by atoms with Crippen LogP contribution in [0.3, 0.4) is 0 Å². The number of hydrogen-bond donors (Lipinski definition) is 1. The molecule has 0 radical (unpaired) electrons. The maximum absolute atomic E-state index is 13.0. The van der Waals surface area contributed by atoms with Crippen LogP contribution in [0, 0.1) is 0 Å². The number of carbonyl (C=O) groups excluding carboxylic acids is 1. The lowest BCUT2D eigenvalue weighted by atomic mass is 9.85. The van der Waals surface area contributed by atoms with Crippen LogP contribution < -0.4 is 14.8 Å². The molecule has 0 bridgehead atoms. The fourth-order valence-corrected chi connectivity index (χ4v) is 4.70. The number of carbonyl (C=O) groups is 1. The first-order valence-electron chi connectivity index (χ1n) is 11.1. The van der Waals surface area contributed by atoms with E-state index in [1.54, 1.807) is 18.9 Å². The molecular formula is C23H30N4O3S. The van der Waals surface area contributed by atoms with Crippen LogP contribution in [0.2, 0.25) is 0 Å². The number of nitrogens with zero attached hydrogens (tertiary/aromatic N) is 3. The standard InChI is InChI=1S/C23H30N4O3S/c1-4-6-7-13-30-18-12-11-15(14-19(18)29-3)21-20-16(9-8-10-17(20)28)24-22-25-23(31-5-2)26-27(21)22/h11-12,14,21H,4-10,13H2,1-3H3,(H,24,25,26). The lowest BCUT2D eigenvalue weighted by Gasteiger charge is -2.32. The second-order valence-corrected chi connectivity index (χ2v) is 8.99. The van der Waals surface area contributed by atoms with Gasteiger partial charge in [-0.25, -0.2) is 4.68 Å². The number of fused-ring (bicyclic) bond motifs is 1. The van der Waals surface area contributed by atoms with Gasteiger partial charge in [0.25, 0.3) is 0 Å². The average Bonchev–Trinajstić information content (AvgIpc) is 3.18. The minimum absolute atomic E-state index is 0.170. The number of anilines is 1. The van der Waals surface area contributed by atoms with Crippen LogP contribution in [0.1, 0.15) is 64.0 Å². The SMILES string of the molecule is CCCCCOc1ccc(C2C3=C(CCCC3=O)Nc3nc(SCC)nn32)cc1OC. The molecule has 0 saturated heterocycles. The number of methoxy groups -OCH3 is 1. The van der Waals surface area contributed by atoms with Crippen molar-refractivity contribution in [1.29, 1.82) is 0 Å². The van der Waals surface area contributed by atoms with Crippen molar-refractivity contribution in [2.45, 2.75) is 63.6 Å². The van der Waals surface area contributed by atoms with E-state index in [1.165, 1.54) is 0 Å². The summed E-state index contributed by atoms with van der Waals surface area (Å²) in [5.74, 6) is 3.14. The van der Waals surface area contributed by atoms with Gasteiger partial charge in [-0.2, -0.15) is 4.98 Å². The fraction of sp³-hybridized carbons (Fsp3) is 0.522. The number of ketones is 1. The number of aromatic nitrogens is 3. The molecule has 1 aliphatic heterocycles. The molecule has 0 spiro atoms. The molecule has 0 amide bonds. The second-order valence-electron chi connectivity index (χ2n) is 7.76. The Morgan fingerprint density at radius 2 is 2.10 bits per heavy atom. The molecule has 1 aromatic heterocycles. The molecule has 31 heavy (non-hydrogen) atoms. The molecule has 1 N–H and O–H groups in total. The Kier molecular flexibility index (Phi) is 6.85. The van der Waals surface area contributed by atoms with Crippen LogP contribution in [0.5, 0.6) is 11.5 Å². The van der Waals surface area contributed by atoms with Crippen LogP contribution in [0.25, 0.3) is 0 Å². The number of hydrogen-bond acceptors (Lipinski definition) is 7. The molecule has 1 unspecified atom stereocenters. The Hall–Kier alpha value is -2.48. The third-order valence-corrected chi connectivity index (χ3v) is 6.35. The van der Waals surface area contributed by atoms with Crippen molar-refractivity contribution in [1.82, 2.24) is 14.8 Å². The number of rotatable bonds is 9. The van der Waals surface area contributed by atoms with Gasteiger partial charge in [0.05, 0.1) is 13.7 Å².